The number of ketones is 1. The molecule has 1 atom stereocenters. The van der Waals surface area contributed by atoms with Gasteiger partial charge in [0.05, 0.1) is 18.7 Å². The zero-order valence-corrected chi connectivity index (χ0v) is 16.7. The second-order valence-electron chi connectivity index (χ2n) is 7.07. The summed E-state index contributed by atoms with van der Waals surface area (Å²) in [5, 5.41) is 11.0. The number of rotatable bonds is 5. The number of ether oxygens (including phenoxy) is 1. The Morgan fingerprint density at radius 1 is 1.13 bits per heavy atom. The number of amides is 1. The number of Topliss-reactive ketones (excluding diaryl/α,β-unsaturated/α-hetero) is 1. The Labute approximate surface area is 178 Å². The summed E-state index contributed by atoms with van der Waals surface area (Å²) in [4.78, 5) is 31.4. The molecule has 6 nitrogen and oxygen atoms in total. The lowest BCUT2D eigenvalue weighted by molar-refractivity contribution is -0.140. The van der Waals surface area contributed by atoms with E-state index in [0.717, 1.165) is 5.56 Å². The first-order chi connectivity index (χ1) is 15.0. The molecule has 0 unspecified atom stereocenters. The fraction of sp³-hybridized carbons (Fsp3) is 0.125. The molecule has 1 fully saturated rings. The van der Waals surface area contributed by atoms with Crippen molar-refractivity contribution < 1.29 is 23.8 Å². The van der Waals surface area contributed by atoms with Crippen molar-refractivity contribution in [2.75, 3.05) is 7.11 Å². The average molecular weight is 418 g/mol. The van der Waals surface area contributed by atoms with Crippen LogP contribution in [0, 0.1) is 5.82 Å². The molecule has 7 heteroatoms. The van der Waals surface area contributed by atoms with E-state index in [1.807, 2.05) is 0 Å². The number of methoxy groups -OCH3 is 1. The molecule has 1 N–H and O–H groups in total. The van der Waals surface area contributed by atoms with Crippen LogP contribution in [0.4, 0.5) is 4.39 Å². The number of benzene rings is 2. The van der Waals surface area contributed by atoms with Crippen molar-refractivity contribution in [3.05, 3.63) is 101 Å². The maximum atomic E-state index is 13.3. The van der Waals surface area contributed by atoms with Gasteiger partial charge in [-0.25, -0.2) is 4.39 Å². The minimum Gasteiger partial charge on any atom is -0.507 e. The number of carbonyl (C=O) groups excluding carboxylic acids is 2. The van der Waals surface area contributed by atoms with Gasteiger partial charge in [-0.3, -0.25) is 14.6 Å². The zero-order valence-electron chi connectivity index (χ0n) is 16.7. The highest BCUT2D eigenvalue weighted by molar-refractivity contribution is 6.46. The summed E-state index contributed by atoms with van der Waals surface area (Å²) in [6.07, 6.45) is 3.23. The largest absolute Gasteiger partial charge is 0.507 e. The van der Waals surface area contributed by atoms with Gasteiger partial charge < -0.3 is 14.7 Å². The van der Waals surface area contributed by atoms with Crippen LogP contribution in [0.2, 0.25) is 0 Å². The number of aliphatic hydroxyl groups is 1. The number of pyridine rings is 1. The molecule has 1 aliphatic heterocycles. The molecular formula is C24H19FN2O4. The number of carbonyl (C=O) groups is 2. The predicted molar refractivity (Wildman–Crippen MR) is 111 cm³/mol. The lowest BCUT2D eigenvalue weighted by Crippen LogP contribution is -2.29. The minimum absolute atomic E-state index is 0.0613. The molecular weight excluding hydrogens is 399 g/mol. The number of aliphatic hydroxyl groups excluding tert-OH is 1. The van der Waals surface area contributed by atoms with Crippen LogP contribution in [0.3, 0.4) is 0 Å². The molecule has 156 valence electrons. The normalized spacial score (nSPS) is 17.7. The average Bonchev–Trinajstić information content (AvgIpc) is 3.05. The van der Waals surface area contributed by atoms with Gasteiger partial charge in [0.15, 0.2) is 0 Å². The topological polar surface area (TPSA) is 79.7 Å². The van der Waals surface area contributed by atoms with Crippen molar-refractivity contribution in [1.82, 2.24) is 9.88 Å². The van der Waals surface area contributed by atoms with Gasteiger partial charge in [0, 0.05) is 24.5 Å². The number of nitrogens with zero attached hydrogens (tertiary/aromatic N) is 2. The van der Waals surface area contributed by atoms with Crippen LogP contribution in [-0.2, 0) is 16.1 Å². The summed E-state index contributed by atoms with van der Waals surface area (Å²) < 4.78 is 18.6. The fourth-order valence-electron chi connectivity index (χ4n) is 3.65. The van der Waals surface area contributed by atoms with Crippen molar-refractivity contribution >= 4 is 17.4 Å². The van der Waals surface area contributed by atoms with Crippen molar-refractivity contribution in [3.63, 3.8) is 0 Å². The first-order valence-electron chi connectivity index (χ1n) is 9.57. The van der Waals surface area contributed by atoms with E-state index < -0.39 is 23.5 Å². The molecule has 31 heavy (non-hydrogen) atoms. The highest BCUT2D eigenvalue weighted by Gasteiger charge is 2.46. The van der Waals surface area contributed by atoms with Crippen LogP contribution < -0.4 is 4.74 Å². The van der Waals surface area contributed by atoms with E-state index in [-0.39, 0.29) is 23.4 Å². The van der Waals surface area contributed by atoms with Gasteiger partial charge in [0.2, 0.25) is 0 Å². The summed E-state index contributed by atoms with van der Waals surface area (Å²) in [6, 6.07) is 14.7. The van der Waals surface area contributed by atoms with Gasteiger partial charge in [-0.2, -0.15) is 0 Å². The van der Waals surface area contributed by atoms with Crippen molar-refractivity contribution in [1.29, 1.82) is 0 Å². The molecule has 1 aromatic heterocycles. The second-order valence-corrected chi connectivity index (χ2v) is 7.07. The van der Waals surface area contributed by atoms with Crippen LogP contribution in [0.25, 0.3) is 5.76 Å². The Morgan fingerprint density at radius 2 is 1.90 bits per heavy atom. The molecule has 1 amide bonds. The number of likely N-dealkylation sites (tertiary alicyclic amines) is 1. The molecule has 0 radical (unpaired) electrons. The highest BCUT2D eigenvalue weighted by atomic mass is 19.1. The molecule has 4 rings (SSSR count). The first kappa shape index (κ1) is 20.3. The molecule has 1 saturated heterocycles. The smallest absolute Gasteiger partial charge is 0.295 e. The van der Waals surface area contributed by atoms with E-state index in [2.05, 4.69) is 4.98 Å². The van der Waals surface area contributed by atoms with E-state index in [1.54, 1.807) is 48.8 Å². The Hall–Kier alpha value is -4.00. The predicted octanol–water partition coefficient (Wildman–Crippen LogP) is 3.85. The molecule has 0 bridgehead atoms. The first-order valence-corrected chi connectivity index (χ1v) is 9.57. The van der Waals surface area contributed by atoms with Crippen molar-refractivity contribution in [3.8, 4) is 5.75 Å². The van der Waals surface area contributed by atoms with Crippen molar-refractivity contribution in [2.45, 2.75) is 12.6 Å². The summed E-state index contributed by atoms with van der Waals surface area (Å²) >= 11 is 0. The van der Waals surface area contributed by atoms with Crippen LogP contribution in [0.1, 0.15) is 22.7 Å². The van der Waals surface area contributed by atoms with Gasteiger partial charge in [0.25, 0.3) is 11.7 Å². The van der Waals surface area contributed by atoms with Crippen molar-refractivity contribution in [2.24, 2.45) is 0 Å². The number of hydrogen-bond acceptors (Lipinski definition) is 5. The molecule has 0 aliphatic carbocycles. The molecule has 2 heterocycles. The van der Waals surface area contributed by atoms with Gasteiger partial charge in [-0.05, 0) is 53.6 Å². The van der Waals surface area contributed by atoms with Crippen LogP contribution in [-0.4, -0.2) is 33.8 Å². The fourth-order valence-corrected chi connectivity index (χ4v) is 3.65. The van der Waals surface area contributed by atoms with Gasteiger partial charge in [0.1, 0.15) is 17.3 Å². The molecule has 0 spiro atoms. The summed E-state index contributed by atoms with van der Waals surface area (Å²) in [7, 11) is 1.52. The summed E-state index contributed by atoms with van der Waals surface area (Å²) in [5.74, 6) is -1.83. The SMILES string of the molecule is COc1cccc([C@H]2C(=C(O)c3ccc(F)cc3)C(=O)C(=O)N2Cc2cccnc2)c1. The molecule has 1 aliphatic rings. The summed E-state index contributed by atoms with van der Waals surface area (Å²) in [5.41, 5.74) is 1.52. The Bertz CT molecular complexity index is 1160. The van der Waals surface area contributed by atoms with E-state index in [4.69, 9.17) is 4.74 Å². The van der Waals surface area contributed by atoms with Gasteiger partial charge >= 0.3 is 0 Å². The standard InChI is InChI=1S/C24H19FN2O4/c1-31-19-6-2-5-17(12-19)21-20(22(28)16-7-9-18(25)10-8-16)23(29)24(30)27(21)14-15-4-3-11-26-13-15/h2-13,21,28H,14H2,1H3/t21-/m0/s1. The van der Waals surface area contributed by atoms with E-state index in [1.165, 1.54) is 36.3 Å². The van der Waals surface area contributed by atoms with Crippen LogP contribution in [0.5, 0.6) is 5.75 Å². The third-order valence-corrected chi connectivity index (χ3v) is 5.14. The quantitative estimate of drug-likeness (QED) is 0.387. The van der Waals surface area contributed by atoms with E-state index in [9.17, 15) is 19.1 Å². The maximum absolute atomic E-state index is 13.3. The lowest BCUT2D eigenvalue weighted by atomic mass is 9.95. The Balaban J connectivity index is 1.87. The van der Waals surface area contributed by atoms with E-state index >= 15 is 0 Å². The lowest BCUT2D eigenvalue weighted by Gasteiger charge is -2.25. The number of halogens is 1. The van der Waals surface area contributed by atoms with E-state index in [0.29, 0.717) is 11.3 Å². The minimum atomic E-state index is -0.847. The van der Waals surface area contributed by atoms with Gasteiger partial charge in [-0.1, -0.05) is 18.2 Å². The Morgan fingerprint density at radius 3 is 2.58 bits per heavy atom. The molecule has 3 aromatic rings. The van der Waals surface area contributed by atoms with Crippen LogP contribution >= 0.6 is 0 Å². The Kier molecular flexibility index (Phi) is 5.49. The molecule has 0 saturated carbocycles. The third kappa shape index (κ3) is 3.90. The number of aromatic nitrogens is 1. The molecule has 2 aromatic carbocycles. The maximum Gasteiger partial charge on any atom is 0.295 e. The summed E-state index contributed by atoms with van der Waals surface area (Å²) in [6.45, 7) is 0.125. The third-order valence-electron chi connectivity index (χ3n) is 5.14. The second kappa shape index (κ2) is 8.39. The number of hydrogen-bond donors (Lipinski definition) is 1. The van der Waals surface area contributed by atoms with Gasteiger partial charge in [-0.15, -0.1) is 0 Å². The monoisotopic (exact) mass is 418 g/mol. The van der Waals surface area contributed by atoms with Crippen LogP contribution in [0.15, 0.2) is 78.6 Å². The highest BCUT2D eigenvalue weighted by Crippen LogP contribution is 2.41. The zero-order chi connectivity index (χ0) is 22.0.